The van der Waals surface area contributed by atoms with Crippen molar-refractivity contribution in [2.75, 3.05) is 25.6 Å². The van der Waals surface area contributed by atoms with Crippen LogP contribution in [0.1, 0.15) is 129 Å². The third kappa shape index (κ3) is 31.7. The average Bonchev–Trinajstić information content (AvgIpc) is 3.63. The Kier molecular flexibility index (Phi) is 34.4. The van der Waals surface area contributed by atoms with Gasteiger partial charge in [-0.3, -0.25) is 23.2 Å². The van der Waals surface area contributed by atoms with E-state index in [1.54, 1.807) is 12.2 Å². The fourth-order valence-corrected chi connectivity index (χ4v) is 8.66. The second-order valence-electron chi connectivity index (χ2n) is 16.8. The average molecular weight is 1060 g/mol. The van der Waals surface area contributed by atoms with Crippen molar-refractivity contribution in [3.05, 3.63) is 132 Å². The number of ether oxygens (including phenoxy) is 3. The van der Waals surface area contributed by atoms with Crippen molar-refractivity contribution in [1.29, 1.82) is 0 Å². The summed E-state index contributed by atoms with van der Waals surface area (Å²) in [7, 11) is -11.0. The highest BCUT2D eigenvalue weighted by Crippen LogP contribution is 2.60. The van der Waals surface area contributed by atoms with Crippen LogP contribution in [0.4, 0.5) is 5.82 Å². The van der Waals surface area contributed by atoms with Crippen LogP contribution in [0.3, 0.4) is 0 Å². The summed E-state index contributed by atoms with van der Waals surface area (Å²) in [6, 6.07) is 1.23. The van der Waals surface area contributed by atoms with E-state index in [1.807, 2.05) is 24.3 Å². The molecule has 73 heavy (non-hydrogen) atoms. The molecule has 21 heteroatoms. The zero-order valence-corrected chi connectivity index (χ0v) is 44.0. The molecule has 408 valence electrons. The molecule has 7 N–H and O–H groups in total. The summed E-state index contributed by atoms with van der Waals surface area (Å²) in [5.74, 6) is -1.65. The summed E-state index contributed by atoms with van der Waals surface area (Å²) in [6.45, 7) is 1.72. The number of phosphoric acid groups is 2. The Hall–Kier alpha value is -4.62. The van der Waals surface area contributed by atoms with Gasteiger partial charge in [0.05, 0.1) is 19.3 Å². The van der Waals surface area contributed by atoms with Crippen LogP contribution in [0, 0.1) is 0 Å². The Morgan fingerprint density at radius 1 is 0.740 bits per heavy atom. The molecule has 1 fully saturated rings. The van der Waals surface area contributed by atoms with Crippen molar-refractivity contribution >= 4 is 33.4 Å². The molecule has 1 aromatic rings. The number of anilines is 1. The first kappa shape index (κ1) is 64.5. The lowest BCUT2D eigenvalue weighted by molar-refractivity contribution is -0.161. The van der Waals surface area contributed by atoms with E-state index in [2.05, 4.69) is 90.0 Å². The standard InChI is InChI=1S/C52H79N3O16P2/c1-3-5-7-9-11-13-15-17-19-21-22-24-26-28-30-32-34-43(56)36-37-48(58)69-44(40-66-47(57)35-33-31-29-27-25-23-20-18-16-14-12-10-8-6-4-2)41-67-72(62,63)71-73(64,65)68-42-45-49(59)50(60)51(70-45)55-39-38-46(53)54-52(55)61/h5,7,11-14,17-20,22,24-25,27-28,30,32,34,38-39,43-45,49-51,56,59-60H,3-4,6,8-10,15-16,21,23,26,29,31,33,35-37,40-42H2,1-2H3,(H,62,63)(H,64,65)(H2,53,54,61)/b7-5-,13-11-,14-12-,19-17-,20-18-,24-22-,27-25-,30-28-,34-32-/t43?,44-,45-,49-,50-,51-/m1/s1. The maximum atomic E-state index is 12.9. The first-order valence-corrected chi connectivity index (χ1v) is 28.0. The lowest BCUT2D eigenvalue weighted by atomic mass is 10.1. The predicted octanol–water partition coefficient (Wildman–Crippen LogP) is 9.19. The number of carbonyl (C=O) groups excluding carboxylic acids is 2. The number of allylic oxidation sites excluding steroid dienone is 17. The maximum Gasteiger partial charge on any atom is 0.481 e. The summed E-state index contributed by atoms with van der Waals surface area (Å²) in [5.41, 5.74) is 4.56. The molecule has 0 radical (unpaired) electrons. The number of nitrogens with two attached hydrogens (primary N) is 1. The number of phosphoric ester groups is 2. The fourth-order valence-electron chi connectivity index (χ4n) is 6.55. The molecule has 19 nitrogen and oxygen atoms in total. The number of aliphatic hydroxyl groups excluding tert-OH is 3. The van der Waals surface area contributed by atoms with Crippen LogP contribution in [0.2, 0.25) is 0 Å². The number of rotatable bonds is 39. The Morgan fingerprint density at radius 2 is 1.30 bits per heavy atom. The highest BCUT2D eigenvalue weighted by atomic mass is 31.3. The van der Waals surface area contributed by atoms with Gasteiger partial charge in [-0.1, -0.05) is 136 Å². The van der Waals surface area contributed by atoms with Crippen molar-refractivity contribution in [3.8, 4) is 0 Å². The van der Waals surface area contributed by atoms with Gasteiger partial charge in [-0.2, -0.15) is 9.29 Å². The van der Waals surface area contributed by atoms with Crippen molar-refractivity contribution in [2.24, 2.45) is 0 Å². The van der Waals surface area contributed by atoms with Gasteiger partial charge in [0, 0.05) is 19.0 Å². The number of esters is 2. The maximum absolute atomic E-state index is 12.9. The van der Waals surface area contributed by atoms with E-state index in [0.29, 0.717) is 19.3 Å². The molecule has 2 heterocycles. The van der Waals surface area contributed by atoms with Gasteiger partial charge in [0.25, 0.3) is 0 Å². The monoisotopic (exact) mass is 1060 g/mol. The SMILES string of the molecule is CC/C=C\C/C=C\C/C=C\C/C=C\C/C=C\C=C/C(O)CCC(=O)O[C@H](COC(=O)CCCC/C=C\C/C=C\C/C=C\CCCCC)COP(=O)(O)OP(=O)(O)OC[C@H]1O[C@@H](n2ccc(N)nc2=O)[C@H](O)[C@@H]1O. The minimum atomic E-state index is -5.50. The Balaban J connectivity index is 1.90. The van der Waals surface area contributed by atoms with Crippen LogP contribution in [0.5, 0.6) is 0 Å². The van der Waals surface area contributed by atoms with Gasteiger partial charge in [-0.25, -0.2) is 13.9 Å². The van der Waals surface area contributed by atoms with Crippen LogP contribution < -0.4 is 11.4 Å². The minimum absolute atomic E-state index is 0.0215. The first-order valence-electron chi connectivity index (χ1n) is 25.0. The summed E-state index contributed by atoms with van der Waals surface area (Å²) in [4.78, 5) is 61.9. The number of aromatic nitrogens is 2. The number of nitrogens with zero attached hydrogens (tertiary/aromatic N) is 2. The topological polar surface area (TPSA) is 286 Å². The van der Waals surface area contributed by atoms with Gasteiger partial charge in [-0.15, -0.1) is 0 Å². The Labute approximate surface area is 430 Å². The molecule has 8 atom stereocenters. The molecule has 0 saturated carbocycles. The van der Waals surface area contributed by atoms with Crippen LogP contribution in [-0.2, 0) is 46.3 Å². The second-order valence-corrected chi connectivity index (χ2v) is 19.8. The second kappa shape index (κ2) is 38.9. The molecule has 0 aliphatic carbocycles. The van der Waals surface area contributed by atoms with E-state index in [0.717, 1.165) is 62.1 Å². The van der Waals surface area contributed by atoms with Crippen LogP contribution >= 0.6 is 15.6 Å². The molecule has 2 rings (SSSR count). The quantitative estimate of drug-likeness (QED) is 0.0118. The third-order valence-corrected chi connectivity index (χ3v) is 13.1. The smallest absolute Gasteiger partial charge is 0.462 e. The molecular formula is C52H79N3O16P2. The minimum Gasteiger partial charge on any atom is -0.462 e. The zero-order valence-electron chi connectivity index (χ0n) is 42.2. The van der Waals surface area contributed by atoms with Crippen molar-refractivity contribution in [3.63, 3.8) is 0 Å². The number of unbranched alkanes of at least 4 members (excludes halogenated alkanes) is 5. The summed E-state index contributed by atoms with van der Waals surface area (Å²) in [6.07, 6.45) is 40.7. The van der Waals surface area contributed by atoms with Crippen LogP contribution in [0.25, 0.3) is 0 Å². The fraction of sp³-hybridized carbons (Fsp3) is 0.538. The molecular weight excluding hydrogens is 985 g/mol. The van der Waals surface area contributed by atoms with Gasteiger partial charge in [0.2, 0.25) is 0 Å². The Morgan fingerprint density at radius 3 is 1.89 bits per heavy atom. The number of aliphatic hydroxyl groups is 3. The lowest BCUT2D eigenvalue weighted by Crippen LogP contribution is -2.36. The largest absolute Gasteiger partial charge is 0.481 e. The summed E-state index contributed by atoms with van der Waals surface area (Å²) in [5, 5.41) is 31.3. The molecule has 0 spiro atoms. The third-order valence-electron chi connectivity index (χ3n) is 10.5. The molecule has 1 aliphatic heterocycles. The molecule has 1 saturated heterocycles. The van der Waals surface area contributed by atoms with Gasteiger partial charge in [0.1, 0.15) is 30.7 Å². The van der Waals surface area contributed by atoms with E-state index >= 15 is 0 Å². The van der Waals surface area contributed by atoms with Gasteiger partial charge in [0.15, 0.2) is 12.3 Å². The molecule has 1 aromatic heterocycles. The normalized spacial score (nSPS) is 20.3. The van der Waals surface area contributed by atoms with Gasteiger partial charge in [-0.05, 0) is 89.5 Å². The van der Waals surface area contributed by atoms with Crippen molar-refractivity contribution in [1.82, 2.24) is 9.55 Å². The van der Waals surface area contributed by atoms with Crippen molar-refractivity contribution < 1.29 is 71.4 Å². The predicted molar refractivity (Wildman–Crippen MR) is 280 cm³/mol. The molecule has 0 aromatic carbocycles. The van der Waals surface area contributed by atoms with E-state index in [9.17, 15) is 48.6 Å². The number of carbonyl (C=O) groups is 2. The van der Waals surface area contributed by atoms with E-state index in [-0.39, 0.29) is 25.1 Å². The van der Waals surface area contributed by atoms with Gasteiger partial charge < -0.3 is 45.1 Å². The number of hydrogen-bond donors (Lipinski definition) is 6. The lowest BCUT2D eigenvalue weighted by Gasteiger charge is -2.21. The molecule has 1 aliphatic rings. The Bertz CT molecular complexity index is 2170. The number of hydrogen-bond acceptors (Lipinski definition) is 16. The van der Waals surface area contributed by atoms with Gasteiger partial charge >= 0.3 is 33.3 Å². The molecule has 0 bridgehead atoms. The number of nitrogen functional groups attached to an aromatic ring is 1. The van der Waals surface area contributed by atoms with E-state index in [4.69, 9.17) is 29.0 Å². The summed E-state index contributed by atoms with van der Waals surface area (Å²) < 4.78 is 56.5. The highest BCUT2D eigenvalue weighted by Gasteiger charge is 2.46. The van der Waals surface area contributed by atoms with E-state index < -0.39 is 89.8 Å². The van der Waals surface area contributed by atoms with Crippen LogP contribution in [-0.4, -0.2) is 96.9 Å². The summed E-state index contributed by atoms with van der Waals surface area (Å²) >= 11 is 0. The first-order chi connectivity index (χ1) is 35.1. The molecule has 0 amide bonds. The highest BCUT2D eigenvalue weighted by molar-refractivity contribution is 7.61. The molecule has 3 unspecified atom stereocenters. The van der Waals surface area contributed by atoms with Crippen molar-refractivity contribution in [2.45, 2.75) is 160 Å². The van der Waals surface area contributed by atoms with Crippen LogP contribution in [0.15, 0.2) is 126 Å². The van der Waals surface area contributed by atoms with E-state index in [1.165, 1.54) is 31.4 Å². The zero-order chi connectivity index (χ0) is 53.6.